The lowest BCUT2D eigenvalue weighted by Crippen LogP contribution is -2.41. The summed E-state index contributed by atoms with van der Waals surface area (Å²) in [6, 6.07) is 17.2. The van der Waals surface area contributed by atoms with E-state index in [9.17, 15) is 5.26 Å². The number of imidazole rings is 1. The van der Waals surface area contributed by atoms with Gasteiger partial charge in [0.1, 0.15) is 11.3 Å². The van der Waals surface area contributed by atoms with Crippen molar-refractivity contribution in [1.29, 1.82) is 5.26 Å². The van der Waals surface area contributed by atoms with E-state index < -0.39 is 0 Å². The van der Waals surface area contributed by atoms with E-state index in [2.05, 4.69) is 85.5 Å². The van der Waals surface area contributed by atoms with Crippen LogP contribution in [0.1, 0.15) is 87.2 Å². The van der Waals surface area contributed by atoms with Crippen LogP contribution in [-0.4, -0.2) is 33.7 Å². The Morgan fingerprint density at radius 2 is 2.00 bits per heavy atom. The number of hydrogen-bond donors (Lipinski definition) is 1. The van der Waals surface area contributed by atoms with Crippen molar-refractivity contribution < 1.29 is 4.39 Å². The quantitative estimate of drug-likeness (QED) is 0.164. The molecule has 4 aromatic rings. The molecular weight excluding hydrogens is 571 g/mol. The van der Waals surface area contributed by atoms with E-state index in [1.54, 1.807) is 0 Å². The number of nitrogens with one attached hydrogen (secondary N) is 1. The summed E-state index contributed by atoms with van der Waals surface area (Å²) in [5, 5.41) is 13.3. The van der Waals surface area contributed by atoms with Crippen molar-refractivity contribution in [3.05, 3.63) is 94.8 Å². The van der Waals surface area contributed by atoms with Gasteiger partial charge in [0, 0.05) is 60.5 Å². The Morgan fingerprint density at radius 3 is 2.65 bits per heavy atom. The van der Waals surface area contributed by atoms with E-state index >= 15 is 4.39 Å². The molecule has 0 bridgehead atoms. The molecule has 0 saturated heterocycles. The van der Waals surface area contributed by atoms with Crippen molar-refractivity contribution in [2.75, 3.05) is 18.0 Å². The number of fused-ring (bicyclic) bond motifs is 2. The summed E-state index contributed by atoms with van der Waals surface area (Å²) in [5.74, 6) is 0.496. The minimum absolute atomic E-state index is 0.0171. The van der Waals surface area contributed by atoms with E-state index in [1.165, 1.54) is 28.4 Å². The molecule has 0 amide bonds. The van der Waals surface area contributed by atoms with Gasteiger partial charge in [-0.05, 0) is 99.4 Å². The number of rotatable bonds is 13. The first-order valence-corrected chi connectivity index (χ1v) is 16.8. The SMILES string of the molecule is C=C(C)c1cc(F)c2nc(CNC(CC)CN(CC)c3cccc4c3CC(C)(c3ccc(C)cn3)C4)n(CC3(CC#N)CC3)c2c1. The first-order valence-electron chi connectivity index (χ1n) is 16.8. The first-order chi connectivity index (χ1) is 22.1. The second kappa shape index (κ2) is 12.6. The summed E-state index contributed by atoms with van der Waals surface area (Å²) >= 11 is 0. The maximum absolute atomic E-state index is 15.4. The number of hydrogen-bond acceptors (Lipinski definition) is 5. The lowest BCUT2D eigenvalue weighted by atomic mass is 9.83. The number of benzene rings is 2. The van der Waals surface area contributed by atoms with Crippen LogP contribution >= 0.6 is 0 Å². The van der Waals surface area contributed by atoms with Crippen LogP contribution in [0, 0.1) is 29.5 Å². The summed E-state index contributed by atoms with van der Waals surface area (Å²) in [6.07, 6.45) is 7.43. The van der Waals surface area contributed by atoms with Crippen molar-refractivity contribution in [3.8, 4) is 6.07 Å². The van der Waals surface area contributed by atoms with Gasteiger partial charge in [0.15, 0.2) is 5.82 Å². The number of likely N-dealkylation sites (N-methyl/N-ethyl adjacent to an activating group) is 1. The van der Waals surface area contributed by atoms with Crippen LogP contribution < -0.4 is 10.2 Å². The van der Waals surface area contributed by atoms with Gasteiger partial charge in [-0.1, -0.05) is 44.2 Å². The minimum atomic E-state index is -0.324. The molecule has 2 aliphatic carbocycles. The molecule has 6 nitrogen and oxygen atoms in total. The molecule has 0 radical (unpaired) electrons. The van der Waals surface area contributed by atoms with Crippen LogP contribution in [0.3, 0.4) is 0 Å². The largest absolute Gasteiger partial charge is 0.370 e. The standard InChI is InChI=1S/C39H47FN6/c1-7-30(24-45(8-2)33-11-9-10-28-20-38(6,21-31(28)33)35-13-12-27(5)22-43-35)42-23-36-44-37-32(40)18-29(26(3)4)19-34(37)46(36)25-39(14-15-39)16-17-41/h9-13,18-19,22,30,42H,3,7-8,14-16,20-21,23-25H2,1-2,4-6H3. The number of nitriles is 1. The molecule has 2 aromatic carbocycles. The first kappa shape index (κ1) is 31.9. The van der Waals surface area contributed by atoms with E-state index in [4.69, 9.17) is 9.97 Å². The molecule has 2 heterocycles. The normalized spacial score (nSPS) is 18.7. The highest BCUT2D eigenvalue weighted by Crippen LogP contribution is 2.50. The fraction of sp³-hybridized carbons (Fsp3) is 0.462. The van der Waals surface area contributed by atoms with Gasteiger partial charge in [-0.15, -0.1) is 0 Å². The Kier molecular flexibility index (Phi) is 8.78. The molecule has 2 aromatic heterocycles. The van der Waals surface area contributed by atoms with Gasteiger partial charge in [-0.2, -0.15) is 5.26 Å². The zero-order valence-electron chi connectivity index (χ0n) is 28.1. The van der Waals surface area contributed by atoms with Gasteiger partial charge in [0.25, 0.3) is 0 Å². The maximum atomic E-state index is 15.4. The predicted octanol–water partition coefficient (Wildman–Crippen LogP) is 8.06. The average Bonchev–Trinajstić information content (AvgIpc) is 3.56. The van der Waals surface area contributed by atoms with Crippen molar-refractivity contribution in [2.45, 2.75) is 97.7 Å². The van der Waals surface area contributed by atoms with Gasteiger partial charge in [0.2, 0.25) is 0 Å². The number of anilines is 1. The van der Waals surface area contributed by atoms with E-state index in [-0.39, 0.29) is 22.7 Å². The third-order valence-corrected chi connectivity index (χ3v) is 10.4. The highest BCUT2D eigenvalue weighted by molar-refractivity contribution is 5.81. The van der Waals surface area contributed by atoms with Crippen LogP contribution in [0.25, 0.3) is 16.6 Å². The summed E-state index contributed by atoms with van der Waals surface area (Å²) in [6.45, 7) is 17.8. The highest BCUT2D eigenvalue weighted by atomic mass is 19.1. The summed E-state index contributed by atoms with van der Waals surface area (Å²) in [4.78, 5) is 12.2. The van der Waals surface area contributed by atoms with Crippen molar-refractivity contribution in [2.24, 2.45) is 5.41 Å². The van der Waals surface area contributed by atoms with Crippen LogP contribution in [0.2, 0.25) is 0 Å². The zero-order valence-corrected chi connectivity index (χ0v) is 28.1. The topological polar surface area (TPSA) is 69.8 Å². The smallest absolute Gasteiger partial charge is 0.151 e. The molecule has 1 fully saturated rings. The lowest BCUT2D eigenvalue weighted by molar-refractivity contribution is 0.415. The van der Waals surface area contributed by atoms with E-state index in [0.29, 0.717) is 25.0 Å². The number of aromatic nitrogens is 3. The molecule has 240 valence electrons. The molecule has 2 unspecified atom stereocenters. The van der Waals surface area contributed by atoms with Crippen molar-refractivity contribution in [3.63, 3.8) is 0 Å². The molecular formula is C39H47FN6. The van der Waals surface area contributed by atoms with Crippen LogP contribution in [0.15, 0.2) is 55.2 Å². The van der Waals surface area contributed by atoms with E-state index in [1.807, 2.05) is 19.2 Å². The minimum Gasteiger partial charge on any atom is -0.370 e. The van der Waals surface area contributed by atoms with Crippen LogP contribution in [-0.2, 0) is 31.3 Å². The molecule has 6 rings (SSSR count). The molecule has 0 spiro atoms. The summed E-state index contributed by atoms with van der Waals surface area (Å²) in [5.41, 5.74) is 9.22. The Hall–Kier alpha value is -4.02. The number of allylic oxidation sites excluding steroid dienone is 1. The molecule has 2 aliphatic rings. The molecule has 46 heavy (non-hydrogen) atoms. The lowest BCUT2D eigenvalue weighted by Gasteiger charge is -2.31. The summed E-state index contributed by atoms with van der Waals surface area (Å²) < 4.78 is 17.5. The second-order valence-electron chi connectivity index (χ2n) is 14.1. The molecule has 1 N–H and O–H groups in total. The van der Waals surface area contributed by atoms with Gasteiger partial charge in [0.05, 0.1) is 18.1 Å². The Labute approximate surface area is 273 Å². The van der Waals surface area contributed by atoms with Crippen LogP contribution in [0.4, 0.5) is 10.1 Å². The van der Waals surface area contributed by atoms with Crippen LogP contribution in [0.5, 0.6) is 0 Å². The highest BCUT2D eigenvalue weighted by Gasteiger charge is 2.43. The van der Waals surface area contributed by atoms with Gasteiger partial charge in [-0.3, -0.25) is 4.98 Å². The Bertz CT molecular complexity index is 1790. The molecule has 2 atom stereocenters. The van der Waals surface area contributed by atoms with Gasteiger partial charge >= 0.3 is 0 Å². The monoisotopic (exact) mass is 618 g/mol. The number of aryl methyl sites for hydroxylation is 1. The Morgan fingerprint density at radius 1 is 1.20 bits per heavy atom. The number of halogens is 1. The van der Waals surface area contributed by atoms with Crippen molar-refractivity contribution >= 4 is 22.3 Å². The third-order valence-electron chi connectivity index (χ3n) is 10.4. The Balaban J connectivity index is 1.23. The number of nitrogens with zero attached hydrogens (tertiary/aromatic N) is 5. The van der Waals surface area contributed by atoms with Gasteiger partial charge in [-0.25, -0.2) is 9.37 Å². The van der Waals surface area contributed by atoms with E-state index in [0.717, 1.165) is 73.4 Å². The third kappa shape index (κ3) is 6.20. The molecule has 1 saturated carbocycles. The molecule has 0 aliphatic heterocycles. The fourth-order valence-electron chi connectivity index (χ4n) is 7.26. The average molecular weight is 619 g/mol. The predicted molar refractivity (Wildman–Crippen MR) is 185 cm³/mol. The summed E-state index contributed by atoms with van der Waals surface area (Å²) in [7, 11) is 0. The second-order valence-corrected chi connectivity index (χ2v) is 14.1. The fourth-order valence-corrected chi connectivity index (χ4v) is 7.26. The molecule has 7 heteroatoms. The maximum Gasteiger partial charge on any atom is 0.151 e. The number of pyridine rings is 1. The van der Waals surface area contributed by atoms with Crippen molar-refractivity contribution in [1.82, 2.24) is 19.9 Å². The van der Waals surface area contributed by atoms with Gasteiger partial charge < -0.3 is 14.8 Å². The zero-order chi connectivity index (χ0) is 32.6.